The standard InChI is InChI=1S/C27H30N6O/c28-11-4-12-32-13-15-33(16-14-32)25-9-7-24(8-10-25)31-27-19-22(17-21-5-2-1-3-6-21)23(20-30-27)18-26(29)34/h1-3,5-10,19-20H,4,12-18H2,(H2,29,34)(H,30,31). The predicted octanol–water partition coefficient (Wildman–Crippen LogP) is 3.48. The van der Waals surface area contributed by atoms with Gasteiger partial charge in [-0.1, -0.05) is 30.3 Å². The van der Waals surface area contributed by atoms with Crippen molar-refractivity contribution < 1.29 is 4.79 Å². The van der Waals surface area contributed by atoms with E-state index in [0.29, 0.717) is 12.8 Å². The highest BCUT2D eigenvalue weighted by molar-refractivity contribution is 5.77. The Balaban J connectivity index is 1.42. The molecule has 7 nitrogen and oxygen atoms in total. The molecular formula is C27H30N6O. The van der Waals surface area contributed by atoms with Crippen LogP contribution in [0.2, 0.25) is 0 Å². The number of piperazine rings is 1. The summed E-state index contributed by atoms with van der Waals surface area (Å²) in [5.74, 6) is 0.372. The summed E-state index contributed by atoms with van der Waals surface area (Å²) < 4.78 is 0. The van der Waals surface area contributed by atoms with Gasteiger partial charge in [-0.05, 0) is 53.4 Å². The van der Waals surface area contributed by atoms with Crippen LogP contribution in [-0.4, -0.2) is 48.5 Å². The number of hydrogen-bond donors (Lipinski definition) is 2. The fraction of sp³-hybridized carbons (Fsp3) is 0.296. The van der Waals surface area contributed by atoms with E-state index in [1.165, 1.54) is 11.3 Å². The minimum Gasteiger partial charge on any atom is -0.369 e. The number of nitrogens with one attached hydrogen (secondary N) is 1. The lowest BCUT2D eigenvalue weighted by atomic mass is 9.99. The van der Waals surface area contributed by atoms with Gasteiger partial charge < -0.3 is 16.0 Å². The Morgan fingerprint density at radius 3 is 2.44 bits per heavy atom. The number of rotatable bonds is 9. The first-order chi connectivity index (χ1) is 16.6. The van der Waals surface area contributed by atoms with Crippen LogP contribution in [0.1, 0.15) is 23.1 Å². The van der Waals surface area contributed by atoms with Crippen molar-refractivity contribution in [2.45, 2.75) is 19.3 Å². The molecule has 1 amide bonds. The number of carbonyl (C=O) groups excluding carboxylic acids is 1. The Morgan fingerprint density at radius 2 is 1.76 bits per heavy atom. The molecule has 1 fully saturated rings. The number of benzene rings is 2. The molecule has 34 heavy (non-hydrogen) atoms. The molecule has 3 aromatic rings. The van der Waals surface area contributed by atoms with Crippen LogP contribution in [0.25, 0.3) is 0 Å². The van der Waals surface area contributed by atoms with Gasteiger partial charge in [0, 0.05) is 56.7 Å². The molecule has 0 spiro atoms. The zero-order valence-corrected chi connectivity index (χ0v) is 19.3. The number of hydrogen-bond acceptors (Lipinski definition) is 6. The number of primary amides is 1. The maximum atomic E-state index is 11.5. The van der Waals surface area contributed by atoms with Gasteiger partial charge in [-0.3, -0.25) is 9.69 Å². The van der Waals surface area contributed by atoms with Crippen LogP contribution in [-0.2, 0) is 17.6 Å². The summed E-state index contributed by atoms with van der Waals surface area (Å²) >= 11 is 0. The summed E-state index contributed by atoms with van der Waals surface area (Å²) in [6, 6.07) is 22.8. The Kier molecular flexibility index (Phi) is 7.74. The number of nitrogens with zero attached hydrogens (tertiary/aromatic N) is 4. The normalized spacial score (nSPS) is 13.9. The van der Waals surface area contributed by atoms with E-state index < -0.39 is 0 Å². The maximum Gasteiger partial charge on any atom is 0.221 e. The van der Waals surface area contributed by atoms with Gasteiger partial charge in [0.25, 0.3) is 0 Å². The van der Waals surface area contributed by atoms with E-state index in [0.717, 1.165) is 55.4 Å². The monoisotopic (exact) mass is 454 g/mol. The van der Waals surface area contributed by atoms with E-state index in [4.69, 9.17) is 11.0 Å². The van der Waals surface area contributed by atoms with Crippen molar-refractivity contribution in [2.24, 2.45) is 5.73 Å². The Labute approximate surface area is 200 Å². The molecule has 7 heteroatoms. The summed E-state index contributed by atoms with van der Waals surface area (Å²) in [7, 11) is 0. The summed E-state index contributed by atoms with van der Waals surface area (Å²) in [6.45, 7) is 4.74. The van der Waals surface area contributed by atoms with Gasteiger partial charge in [0.15, 0.2) is 0 Å². The summed E-state index contributed by atoms with van der Waals surface area (Å²) in [5, 5.41) is 12.2. The van der Waals surface area contributed by atoms with Crippen LogP contribution in [0.5, 0.6) is 0 Å². The minimum absolute atomic E-state index is 0.175. The van der Waals surface area contributed by atoms with E-state index in [1.54, 1.807) is 6.20 Å². The fourth-order valence-electron chi connectivity index (χ4n) is 4.26. The molecule has 1 aliphatic rings. The molecule has 4 rings (SSSR count). The fourth-order valence-corrected chi connectivity index (χ4v) is 4.26. The molecule has 0 bridgehead atoms. The van der Waals surface area contributed by atoms with Crippen molar-refractivity contribution in [2.75, 3.05) is 42.9 Å². The zero-order chi connectivity index (χ0) is 23.8. The lowest BCUT2D eigenvalue weighted by Gasteiger charge is -2.35. The second kappa shape index (κ2) is 11.3. The quantitative estimate of drug-likeness (QED) is 0.514. The Bertz CT molecular complexity index is 1130. The third kappa shape index (κ3) is 6.33. The van der Waals surface area contributed by atoms with E-state index in [1.807, 2.05) is 24.3 Å². The van der Waals surface area contributed by atoms with Crippen LogP contribution in [0, 0.1) is 11.3 Å². The van der Waals surface area contributed by atoms with Gasteiger partial charge >= 0.3 is 0 Å². The molecule has 0 unspecified atom stereocenters. The second-order valence-corrected chi connectivity index (χ2v) is 8.55. The van der Waals surface area contributed by atoms with Crippen molar-refractivity contribution in [3.05, 3.63) is 83.6 Å². The molecule has 0 radical (unpaired) electrons. The largest absolute Gasteiger partial charge is 0.369 e. The summed E-state index contributed by atoms with van der Waals surface area (Å²) in [5.41, 5.74) is 10.7. The van der Waals surface area contributed by atoms with Crippen molar-refractivity contribution in [1.82, 2.24) is 9.88 Å². The number of carbonyl (C=O) groups is 1. The number of amides is 1. The molecule has 2 heterocycles. The number of anilines is 3. The third-order valence-electron chi connectivity index (χ3n) is 6.10. The Hall–Kier alpha value is -3.89. The van der Waals surface area contributed by atoms with Crippen LogP contribution in [0.4, 0.5) is 17.2 Å². The van der Waals surface area contributed by atoms with Gasteiger partial charge in [-0.15, -0.1) is 0 Å². The number of pyridine rings is 1. The van der Waals surface area contributed by atoms with Gasteiger partial charge in [0.1, 0.15) is 5.82 Å². The second-order valence-electron chi connectivity index (χ2n) is 8.55. The first-order valence-corrected chi connectivity index (χ1v) is 11.6. The molecular weight excluding hydrogens is 424 g/mol. The van der Waals surface area contributed by atoms with E-state index in [2.05, 4.69) is 62.6 Å². The third-order valence-corrected chi connectivity index (χ3v) is 6.10. The average Bonchev–Trinajstić information content (AvgIpc) is 2.85. The van der Waals surface area contributed by atoms with Crippen LogP contribution >= 0.6 is 0 Å². The van der Waals surface area contributed by atoms with Crippen LogP contribution < -0.4 is 16.0 Å². The van der Waals surface area contributed by atoms with Crippen LogP contribution in [0.3, 0.4) is 0 Å². The number of nitriles is 1. The van der Waals surface area contributed by atoms with Crippen molar-refractivity contribution in [1.29, 1.82) is 5.26 Å². The number of aromatic nitrogens is 1. The zero-order valence-electron chi connectivity index (χ0n) is 19.3. The first kappa shape index (κ1) is 23.3. The highest BCUT2D eigenvalue weighted by Crippen LogP contribution is 2.24. The molecule has 0 atom stereocenters. The summed E-state index contributed by atoms with van der Waals surface area (Å²) in [6.07, 6.45) is 3.21. The SMILES string of the molecule is N#CCCN1CCN(c2ccc(Nc3cc(Cc4ccccc4)c(CC(N)=O)cn3)cc2)CC1. The smallest absolute Gasteiger partial charge is 0.221 e. The molecule has 174 valence electrons. The molecule has 1 saturated heterocycles. The van der Waals surface area contributed by atoms with Gasteiger partial charge in [-0.2, -0.15) is 5.26 Å². The lowest BCUT2D eigenvalue weighted by molar-refractivity contribution is -0.117. The van der Waals surface area contributed by atoms with Crippen molar-refractivity contribution in [3.8, 4) is 6.07 Å². The molecule has 1 aromatic heterocycles. The first-order valence-electron chi connectivity index (χ1n) is 11.6. The molecule has 3 N–H and O–H groups in total. The van der Waals surface area contributed by atoms with Gasteiger partial charge in [0.2, 0.25) is 5.91 Å². The van der Waals surface area contributed by atoms with E-state index >= 15 is 0 Å². The molecule has 0 saturated carbocycles. The van der Waals surface area contributed by atoms with Crippen molar-refractivity contribution in [3.63, 3.8) is 0 Å². The Morgan fingerprint density at radius 1 is 1.03 bits per heavy atom. The van der Waals surface area contributed by atoms with Crippen molar-refractivity contribution >= 4 is 23.1 Å². The highest BCUT2D eigenvalue weighted by Gasteiger charge is 2.17. The predicted molar refractivity (Wildman–Crippen MR) is 135 cm³/mol. The lowest BCUT2D eigenvalue weighted by Crippen LogP contribution is -2.46. The highest BCUT2D eigenvalue weighted by atomic mass is 16.1. The minimum atomic E-state index is -0.363. The number of nitrogens with two attached hydrogens (primary N) is 1. The van der Waals surface area contributed by atoms with E-state index in [-0.39, 0.29) is 12.3 Å². The summed E-state index contributed by atoms with van der Waals surface area (Å²) in [4.78, 5) is 20.8. The van der Waals surface area contributed by atoms with Crippen LogP contribution in [0.15, 0.2) is 66.9 Å². The van der Waals surface area contributed by atoms with Gasteiger partial charge in [-0.25, -0.2) is 4.98 Å². The maximum absolute atomic E-state index is 11.5. The molecule has 2 aromatic carbocycles. The van der Waals surface area contributed by atoms with E-state index in [9.17, 15) is 4.79 Å². The van der Waals surface area contributed by atoms with Gasteiger partial charge in [0.05, 0.1) is 12.5 Å². The molecule has 1 aliphatic heterocycles. The average molecular weight is 455 g/mol. The topological polar surface area (TPSA) is 98.3 Å². The molecule has 0 aliphatic carbocycles.